The van der Waals surface area contributed by atoms with E-state index in [1.54, 1.807) is 12.5 Å². The Morgan fingerprint density at radius 1 is 1.53 bits per heavy atom. The molecular weight excluding hydrogens is 210 g/mol. The summed E-state index contributed by atoms with van der Waals surface area (Å²) in [5.74, 6) is 0.237. The second kappa shape index (κ2) is 4.70. The Morgan fingerprint density at radius 2 is 2.40 bits per heavy atom. The molecule has 1 saturated heterocycles. The van der Waals surface area contributed by atoms with Crippen molar-refractivity contribution in [3.8, 4) is 0 Å². The van der Waals surface area contributed by atoms with Gasteiger partial charge in [-0.2, -0.15) is 12.6 Å². The van der Waals surface area contributed by atoms with Crippen LogP contribution < -0.4 is 0 Å². The predicted octanol–water partition coefficient (Wildman–Crippen LogP) is 0.804. The number of thiol groups is 1. The Hall–Kier alpha value is -0.970. The minimum Gasteiger partial charge on any atom is -0.341 e. The van der Waals surface area contributed by atoms with E-state index in [2.05, 4.69) is 17.6 Å². The van der Waals surface area contributed by atoms with Crippen molar-refractivity contribution in [1.29, 1.82) is 0 Å². The number of carbonyl (C=O) groups excluding carboxylic acids is 1. The van der Waals surface area contributed by atoms with Gasteiger partial charge in [0, 0.05) is 43.7 Å². The molecule has 2 heterocycles. The van der Waals surface area contributed by atoms with Crippen LogP contribution in [-0.4, -0.2) is 38.7 Å². The van der Waals surface area contributed by atoms with Crippen LogP contribution in [0.5, 0.6) is 0 Å². The number of amides is 1. The lowest BCUT2D eigenvalue weighted by Crippen LogP contribution is -2.27. The van der Waals surface area contributed by atoms with Gasteiger partial charge in [-0.1, -0.05) is 0 Å². The molecule has 2 rings (SSSR count). The van der Waals surface area contributed by atoms with Gasteiger partial charge in [0.05, 0.1) is 6.33 Å². The number of rotatable bonds is 4. The molecule has 0 N–H and O–H groups in total. The highest BCUT2D eigenvalue weighted by atomic mass is 32.1. The molecule has 0 aliphatic carbocycles. The van der Waals surface area contributed by atoms with Gasteiger partial charge in [0.15, 0.2) is 0 Å². The van der Waals surface area contributed by atoms with E-state index in [0.29, 0.717) is 6.42 Å². The van der Waals surface area contributed by atoms with E-state index in [4.69, 9.17) is 0 Å². The molecule has 1 unspecified atom stereocenters. The molecule has 1 aliphatic heterocycles. The molecule has 1 fully saturated rings. The van der Waals surface area contributed by atoms with Gasteiger partial charge in [0.1, 0.15) is 0 Å². The van der Waals surface area contributed by atoms with Gasteiger partial charge in [-0.05, 0) is 6.42 Å². The minimum absolute atomic E-state index is 0.228. The van der Waals surface area contributed by atoms with Crippen molar-refractivity contribution < 1.29 is 4.79 Å². The number of hydrogen-bond donors (Lipinski definition) is 1. The van der Waals surface area contributed by atoms with E-state index in [1.807, 2.05) is 15.7 Å². The van der Waals surface area contributed by atoms with E-state index in [0.717, 1.165) is 26.1 Å². The number of aromatic nitrogens is 2. The largest absolute Gasteiger partial charge is 0.341 e. The SMILES string of the molecule is O=C1CC(S)CN1CCCn1ccnc1. The highest BCUT2D eigenvalue weighted by molar-refractivity contribution is 7.81. The van der Waals surface area contributed by atoms with Gasteiger partial charge in [0.2, 0.25) is 5.91 Å². The second-order valence-electron chi connectivity index (χ2n) is 3.85. The van der Waals surface area contributed by atoms with Crippen molar-refractivity contribution in [2.75, 3.05) is 13.1 Å². The van der Waals surface area contributed by atoms with Crippen LogP contribution in [-0.2, 0) is 11.3 Å². The Balaban J connectivity index is 1.72. The van der Waals surface area contributed by atoms with Gasteiger partial charge in [-0.25, -0.2) is 4.98 Å². The molecule has 1 aromatic rings. The van der Waals surface area contributed by atoms with Gasteiger partial charge < -0.3 is 9.47 Å². The molecule has 0 aromatic carbocycles. The van der Waals surface area contributed by atoms with Crippen LogP contribution in [0, 0.1) is 0 Å². The molecule has 4 nitrogen and oxygen atoms in total. The lowest BCUT2D eigenvalue weighted by atomic mass is 10.4. The first-order valence-electron chi connectivity index (χ1n) is 5.17. The number of imidazole rings is 1. The Bertz CT molecular complexity index is 325. The highest BCUT2D eigenvalue weighted by Gasteiger charge is 2.26. The Kier molecular flexibility index (Phi) is 3.30. The van der Waals surface area contributed by atoms with Crippen molar-refractivity contribution in [3.63, 3.8) is 0 Å². The van der Waals surface area contributed by atoms with Crippen LogP contribution in [0.1, 0.15) is 12.8 Å². The Morgan fingerprint density at radius 3 is 3.00 bits per heavy atom. The Labute approximate surface area is 94.7 Å². The molecule has 1 aliphatic rings. The van der Waals surface area contributed by atoms with Crippen LogP contribution >= 0.6 is 12.6 Å². The molecule has 82 valence electrons. The lowest BCUT2D eigenvalue weighted by molar-refractivity contribution is -0.127. The number of likely N-dealkylation sites (tertiary alicyclic amines) is 1. The second-order valence-corrected chi connectivity index (χ2v) is 4.58. The predicted molar refractivity (Wildman–Crippen MR) is 60.8 cm³/mol. The molecule has 0 bridgehead atoms. The fraction of sp³-hybridized carbons (Fsp3) is 0.600. The zero-order valence-corrected chi connectivity index (χ0v) is 9.44. The summed E-state index contributed by atoms with van der Waals surface area (Å²) >= 11 is 4.32. The minimum atomic E-state index is 0.228. The lowest BCUT2D eigenvalue weighted by Gasteiger charge is -2.15. The third-order valence-electron chi connectivity index (χ3n) is 2.60. The van der Waals surface area contributed by atoms with Crippen LogP contribution in [0.4, 0.5) is 0 Å². The van der Waals surface area contributed by atoms with E-state index in [1.165, 1.54) is 0 Å². The van der Waals surface area contributed by atoms with Gasteiger partial charge in [0.25, 0.3) is 0 Å². The average Bonchev–Trinajstić information content (AvgIpc) is 2.77. The smallest absolute Gasteiger partial charge is 0.223 e. The maximum absolute atomic E-state index is 11.4. The van der Waals surface area contributed by atoms with Gasteiger partial charge in [-0.15, -0.1) is 0 Å². The maximum atomic E-state index is 11.4. The zero-order chi connectivity index (χ0) is 10.7. The van der Waals surface area contributed by atoms with E-state index in [9.17, 15) is 4.79 Å². The van der Waals surface area contributed by atoms with Crippen LogP contribution in [0.3, 0.4) is 0 Å². The third kappa shape index (κ3) is 2.75. The first-order chi connectivity index (χ1) is 7.25. The first-order valence-corrected chi connectivity index (χ1v) is 5.69. The summed E-state index contributed by atoms with van der Waals surface area (Å²) in [7, 11) is 0. The molecule has 1 atom stereocenters. The summed E-state index contributed by atoms with van der Waals surface area (Å²) < 4.78 is 2.03. The molecule has 1 amide bonds. The molecule has 0 radical (unpaired) electrons. The third-order valence-corrected chi connectivity index (χ3v) is 2.94. The monoisotopic (exact) mass is 225 g/mol. The summed E-state index contributed by atoms with van der Waals surface area (Å²) in [6, 6.07) is 0. The van der Waals surface area contributed by atoms with E-state index in [-0.39, 0.29) is 11.2 Å². The first kappa shape index (κ1) is 10.5. The van der Waals surface area contributed by atoms with Crippen molar-refractivity contribution in [2.24, 2.45) is 0 Å². The van der Waals surface area contributed by atoms with Crippen molar-refractivity contribution in [1.82, 2.24) is 14.5 Å². The fourth-order valence-electron chi connectivity index (χ4n) is 1.83. The number of nitrogens with zero attached hydrogens (tertiary/aromatic N) is 3. The van der Waals surface area contributed by atoms with Gasteiger partial charge >= 0.3 is 0 Å². The van der Waals surface area contributed by atoms with Crippen LogP contribution in [0.2, 0.25) is 0 Å². The number of hydrogen-bond acceptors (Lipinski definition) is 3. The normalized spacial score (nSPS) is 21.3. The summed E-state index contributed by atoms with van der Waals surface area (Å²) in [5.41, 5.74) is 0. The molecule has 15 heavy (non-hydrogen) atoms. The molecule has 0 spiro atoms. The topological polar surface area (TPSA) is 38.1 Å². The summed E-state index contributed by atoms with van der Waals surface area (Å²) in [6.07, 6.45) is 7.07. The quantitative estimate of drug-likeness (QED) is 0.770. The van der Waals surface area contributed by atoms with E-state index >= 15 is 0 Å². The van der Waals surface area contributed by atoms with Crippen LogP contribution in [0.25, 0.3) is 0 Å². The summed E-state index contributed by atoms with van der Waals surface area (Å²) in [6.45, 7) is 2.54. The average molecular weight is 225 g/mol. The maximum Gasteiger partial charge on any atom is 0.223 e. The molecule has 5 heteroatoms. The summed E-state index contributed by atoms with van der Waals surface area (Å²) in [5, 5.41) is 0.228. The molecule has 1 aromatic heterocycles. The fourth-order valence-corrected chi connectivity index (χ4v) is 2.18. The highest BCUT2D eigenvalue weighted by Crippen LogP contribution is 2.15. The van der Waals surface area contributed by atoms with E-state index < -0.39 is 0 Å². The van der Waals surface area contributed by atoms with Crippen molar-refractivity contribution >= 4 is 18.5 Å². The molecular formula is C10H15N3OS. The van der Waals surface area contributed by atoms with Gasteiger partial charge in [-0.3, -0.25) is 4.79 Å². The number of carbonyl (C=O) groups is 1. The summed E-state index contributed by atoms with van der Waals surface area (Å²) in [4.78, 5) is 17.3. The molecule has 0 saturated carbocycles. The standard InChI is InChI=1S/C10H15N3OS/c14-10-6-9(15)7-13(10)4-1-3-12-5-2-11-8-12/h2,5,8-9,15H,1,3-4,6-7H2. The van der Waals surface area contributed by atoms with Crippen molar-refractivity contribution in [2.45, 2.75) is 24.6 Å². The van der Waals surface area contributed by atoms with Crippen LogP contribution in [0.15, 0.2) is 18.7 Å². The number of aryl methyl sites for hydroxylation is 1. The van der Waals surface area contributed by atoms with Crippen molar-refractivity contribution in [3.05, 3.63) is 18.7 Å². The zero-order valence-electron chi connectivity index (χ0n) is 8.54.